The molecule has 0 amide bonds. The van der Waals surface area contributed by atoms with Gasteiger partial charge in [-0.05, 0) is 18.1 Å². The van der Waals surface area contributed by atoms with Crippen LogP contribution in [0.4, 0.5) is 0 Å². The maximum Gasteiger partial charge on any atom is 0.139 e. The predicted octanol–water partition coefficient (Wildman–Crippen LogP) is 1.85. The highest BCUT2D eigenvalue weighted by molar-refractivity contribution is 5.61. The Labute approximate surface area is 89.6 Å². The monoisotopic (exact) mass is 201 g/mol. The first kappa shape index (κ1) is 9.93. The summed E-state index contributed by atoms with van der Waals surface area (Å²) in [6, 6.07) is 6.25. The molecule has 0 unspecified atom stereocenters. The summed E-state index contributed by atoms with van der Waals surface area (Å²) in [5.74, 6) is 0.996. The zero-order valence-corrected chi connectivity index (χ0v) is 9.07. The summed E-state index contributed by atoms with van der Waals surface area (Å²) in [4.78, 5) is 4.33. The van der Waals surface area contributed by atoms with Crippen LogP contribution in [0.15, 0.2) is 30.6 Å². The third kappa shape index (κ3) is 1.78. The second kappa shape index (κ2) is 3.87. The Morgan fingerprint density at radius 3 is 2.73 bits per heavy atom. The predicted molar refractivity (Wildman–Crippen MR) is 61.3 cm³/mol. The van der Waals surface area contributed by atoms with E-state index in [2.05, 4.69) is 30.1 Å². The molecule has 3 nitrogen and oxygen atoms in total. The van der Waals surface area contributed by atoms with E-state index in [4.69, 9.17) is 5.73 Å². The molecule has 1 aromatic carbocycles. The lowest BCUT2D eigenvalue weighted by molar-refractivity contribution is 0.922. The van der Waals surface area contributed by atoms with Crippen molar-refractivity contribution < 1.29 is 0 Å². The number of aromatic nitrogens is 2. The maximum atomic E-state index is 5.60. The number of hydrogen-bond donors (Lipinski definition) is 1. The zero-order valence-electron chi connectivity index (χ0n) is 9.07. The van der Waals surface area contributed by atoms with Gasteiger partial charge in [-0.2, -0.15) is 0 Å². The number of imidazole rings is 1. The standard InChI is InChI=1S/C12H15N3/c1-9-7-10(8-13)3-4-11(9)12-14-5-6-15(12)2/h3-7H,8,13H2,1-2H3. The van der Waals surface area contributed by atoms with Gasteiger partial charge in [0.1, 0.15) is 5.82 Å². The smallest absolute Gasteiger partial charge is 0.139 e. The molecule has 2 N–H and O–H groups in total. The molecule has 0 aliphatic heterocycles. The van der Waals surface area contributed by atoms with Crippen LogP contribution in [0.3, 0.4) is 0 Å². The minimum Gasteiger partial charge on any atom is -0.334 e. The van der Waals surface area contributed by atoms with Crippen molar-refractivity contribution in [1.82, 2.24) is 9.55 Å². The van der Waals surface area contributed by atoms with Crippen molar-refractivity contribution in [2.45, 2.75) is 13.5 Å². The van der Waals surface area contributed by atoms with Gasteiger partial charge in [0.15, 0.2) is 0 Å². The van der Waals surface area contributed by atoms with E-state index in [0.717, 1.165) is 11.4 Å². The average molecular weight is 201 g/mol. The first-order valence-corrected chi connectivity index (χ1v) is 4.99. The highest BCUT2D eigenvalue weighted by Gasteiger charge is 2.06. The van der Waals surface area contributed by atoms with Crippen LogP contribution in [0.25, 0.3) is 11.4 Å². The average Bonchev–Trinajstić information content (AvgIpc) is 2.64. The Balaban J connectivity index is 2.50. The van der Waals surface area contributed by atoms with Crippen LogP contribution >= 0.6 is 0 Å². The quantitative estimate of drug-likeness (QED) is 0.806. The lowest BCUT2D eigenvalue weighted by Gasteiger charge is -2.07. The molecule has 0 spiro atoms. The van der Waals surface area contributed by atoms with Gasteiger partial charge in [0.05, 0.1) is 0 Å². The molecule has 0 aliphatic rings. The van der Waals surface area contributed by atoms with Crippen LogP contribution in [0, 0.1) is 6.92 Å². The van der Waals surface area contributed by atoms with Crippen LogP contribution < -0.4 is 5.73 Å². The van der Waals surface area contributed by atoms with E-state index in [1.807, 2.05) is 24.0 Å². The Morgan fingerprint density at radius 1 is 1.40 bits per heavy atom. The van der Waals surface area contributed by atoms with E-state index in [9.17, 15) is 0 Å². The SMILES string of the molecule is Cc1cc(CN)ccc1-c1nccn1C. The summed E-state index contributed by atoms with van der Waals surface area (Å²) in [7, 11) is 2.00. The van der Waals surface area contributed by atoms with E-state index in [0.29, 0.717) is 6.54 Å². The fraction of sp³-hybridized carbons (Fsp3) is 0.250. The minimum atomic E-state index is 0.585. The fourth-order valence-electron chi connectivity index (χ4n) is 1.73. The number of nitrogens with two attached hydrogens (primary N) is 1. The van der Waals surface area contributed by atoms with Crippen molar-refractivity contribution in [3.05, 3.63) is 41.7 Å². The summed E-state index contributed by atoms with van der Waals surface area (Å²) in [5, 5.41) is 0. The Morgan fingerprint density at radius 2 is 2.20 bits per heavy atom. The molecule has 15 heavy (non-hydrogen) atoms. The van der Waals surface area contributed by atoms with Gasteiger partial charge < -0.3 is 10.3 Å². The third-order valence-electron chi connectivity index (χ3n) is 2.59. The zero-order chi connectivity index (χ0) is 10.8. The number of nitrogens with zero attached hydrogens (tertiary/aromatic N) is 2. The summed E-state index contributed by atoms with van der Waals surface area (Å²) in [6.45, 7) is 2.67. The molecule has 0 fully saturated rings. The summed E-state index contributed by atoms with van der Waals surface area (Å²) >= 11 is 0. The summed E-state index contributed by atoms with van der Waals surface area (Å²) in [6.07, 6.45) is 3.76. The summed E-state index contributed by atoms with van der Waals surface area (Å²) < 4.78 is 2.02. The Bertz CT molecular complexity index is 471. The van der Waals surface area contributed by atoms with Crippen LogP contribution in [-0.2, 0) is 13.6 Å². The van der Waals surface area contributed by atoms with Crippen LogP contribution in [-0.4, -0.2) is 9.55 Å². The van der Waals surface area contributed by atoms with Gasteiger partial charge in [-0.15, -0.1) is 0 Å². The van der Waals surface area contributed by atoms with Gasteiger partial charge in [0.2, 0.25) is 0 Å². The molecule has 0 bridgehead atoms. The van der Waals surface area contributed by atoms with Crippen LogP contribution in [0.5, 0.6) is 0 Å². The Hall–Kier alpha value is -1.61. The largest absolute Gasteiger partial charge is 0.334 e. The molecule has 0 saturated carbocycles. The highest BCUT2D eigenvalue weighted by Crippen LogP contribution is 2.21. The van der Waals surface area contributed by atoms with Crippen molar-refractivity contribution in [2.24, 2.45) is 12.8 Å². The van der Waals surface area contributed by atoms with Crippen LogP contribution in [0.2, 0.25) is 0 Å². The molecule has 0 atom stereocenters. The van der Waals surface area contributed by atoms with Crippen LogP contribution in [0.1, 0.15) is 11.1 Å². The third-order valence-corrected chi connectivity index (χ3v) is 2.59. The van der Waals surface area contributed by atoms with E-state index < -0.39 is 0 Å². The molecule has 3 heteroatoms. The lowest BCUT2D eigenvalue weighted by Crippen LogP contribution is -1.98. The van der Waals surface area contributed by atoms with Crippen molar-refractivity contribution in [2.75, 3.05) is 0 Å². The molecule has 1 heterocycles. The molecule has 2 rings (SSSR count). The van der Waals surface area contributed by atoms with Gasteiger partial charge in [-0.3, -0.25) is 0 Å². The Kier molecular flexibility index (Phi) is 2.56. The lowest BCUT2D eigenvalue weighted by atomic mass is 10.0. The van der Waals surface area contributed by atoms with Crippen molar-refractivity contribution >= 4 is 0 Å². The number of aryl methyl sites for hydroxylation is 2. The van der Waals surface area contributed by atoms with Gasteiger partial charge in [-0.1, -0.05) is 18.2 Å². The number of hydrogen-bond acceptors (Lipinski definition) is 2. The number of benzene rings is 1. The molecule has 0 radical (unpaired) electrons. The first-order chi connectivity index (χ1) is 7.22. The molecular formula is C12H15N3. The highest BCUT2D eigenvalue weighted by atomic mass is 15.0. The van der Waals surface area contributed by atoms with Crippen molar-refractivity contribution in [1.29, 1.82) is 0 Å². The molecule has 78 valence electrons. The molecule has 1 aromatic heterocycles. The topological polar surface area (TPSA) is 43.8 Å². The van der Waals surface area contributed by atoms with Crippen molar-refractivity contribution in [3.63, 3.8) is 0 Å². The first-order valence-electron chi connectivity index (χ1n) is 4.99. The second-order valence-electron chi connectivity index (χ2n) is 3.72. The minimum absolute atomic E-state index is 0.585. The van der Waals surface area contributed by atoms with Crippen molar-refractivity contribution in [3.8, 4) is 11.4 Å². The second-order valence-corrected chi connectivity index (χ2v) is 3.72. The molecule has 0 aliphatic carbocycles. The summed E-state index contributed by atoms with van der Waals surface area (Å²) in [5.41, 5.74) is 9.14. The van der Waals surface area contributed by atoms with E-state index in [1.54, 1.807) is 0 Å². The van der Waals surface area contributed by atoms with Gasteiger partial charge >= 0.3 is 0 Å². The van der Waals surface area contributed by atoms with Gasteiger partial charge in [0.25, 0.3) is 0 Å². The van der Waals surface area contributed by atoms with E-state index in [-0.39, 0.29) is 0 Å². The molecule has 2 aromatic rings. The molecular weight excluding hydrogens is 186 g/mol. The normalized spacial score (nSPS) is 10.6. The molecule has 0 saturated heterocycles. The fourth-order valence-corrected chi connectivity index (χ4v) is 1.73. The van der Waals surface area contributed by atoms with Gasteiger partial charge in [0, 0.05) is 31.5 Å². The van der Waals surface area contributed by atoms with Gasteiger partial charge in [-0.25, -0.2) is 4.98 Å². The van der Waals surface area contributed by atoms with E-state index in [1.165, 1.54) is 11.1 Å². The van der Waals surface area contributed by atoms with E-state index >= 15 is 0 Å². The maximum absolute atomic E-state index is 5.60. The number of rotatable bonds is 2.